The third-order valence-corrected chi connectivity index (χ3v) is 2.98. The summed E-state index contributed by atoms with van der Waals surface area (Å²) in [4.78, 5) is 0. The summed E-state index contributed by atoms with van der Waals surface area (Å²) in [5.41, 5.74) is 3.09. The highest BCUT2D eigenvalue weighted by molar-refractivity contribution is 5.30. The predicted octanol–water partition coefficient (Wildman–Crippen LogP) is 3.43. The van der Waals surface area contributed by atoms with Crippen molar-refractivity contribution in [3.63, 3.8) is 0 Å². The number of rotatable bonds is 5. The lowest BCUT2D eigenvalue weighted by Crippen LogP contribution is -2.05. The van der Waals surface area contributed by atoms with Crippen molar-refractivity contribution in [2.45, 2.75) is 20.1 Å². The molecule has 0 unspecified atom stereocenters. The Balaban J connectivity index is 2.03. The summed E-state index contributed by atoms with van der Waals surface area (Å²) in [6, 6.07) is 12.7. The van der Waals surface area contributed by atoms with Gasteiger partial charge in [0.1, 0.15) is 18.2 Å². The summed E-state index contributed by atoms with van der Waals surface area (Å²) in [5, 5.41) is 3.10. The van der Waals surface area contributed by atoms with Crippen LogP contribution in [0.15, 0.2) is 42.5 Å². The molecule has 0 aliphatic heterocycles. The Kier molecular flexibility index (Phi) is 4.53. The third-order valence-electron chi connectivity index (χ3n) is 2.98. The number of halogens is 1. The number of benzene rings is 2. The fraction of sp³-hybridized carbons (Fsp3) is 0.250. The van der Waals surface area contributed by atoms with Gasteiger partial charge in [0.2, 0.25) is 0 Å². The minimum absolute atomic E-state index is 0.211. The van der Waals surface area contributed by atoms with Gasteiger partial charge in [-0.2, -0.15) is 0 Å². The van der Waals surface area contributed by atoms with Gasteiger partial charge in [-0.05, 0) is 54.9 Å². The lowest BCUT2D eigenvalue weighted by molar-refractivity contribution is 0.305. The predicted molar refractivity (Wildman–Crippen MR) is 74.7 cm³/mol. The Bertz CT molecular complexity index is 554. The van der Waals surface area contributed by atoms with Crippen molar-refractivity contribution in [1.29, 1.82) is 0 Å². The third kappa shape index (κ3) is 3.80. The van der Waals surface area contributed by atoms with Crippen molar-refractivity contribution in [2.75, 3.05) is 7.05 Å². The minimum atomic E-state index is -0.211. The molecule has 2 aromatic rings. The average molecular weight is 259 g/mol. The molecule has 0 saturated heterocycles. The summed E-state index contributed by atoms with van der Waals surface area (Å²) in [5.74, 6) is 0.619. The monoisotopic (exact) mass is 259 g/mol. The first-order valence-corrected chi connectivity index (χ1v) is 6.30. The van der Waals surface area contributed by atoms with E-state index < -0.39 is 0 Å². The Labute approximate surface area is 113 Å². The molecule has 0 saturated carbocycles. The molecule has 2 aromatic carbocycles. The normalized spacial score (nSPS) is 10.5. The van der Waals surface area contributed by atoms with Gasteiger partial charge in [-0.15, -0.1) is 0 Å². The van der Waals surface area contributed by atoms with E-state index in [1.165, 1.54) is 17.7 Å². The summed E-state index contributed by atoms with van der Waals surface area (Å²) in [6.07, 6.45) is 0. The van der Waals surface area contributed by atoms with Gasteiger partial charge in [0, 0.05) is 6.54 Å². The van der Waals surface area contributed by atoms with Gasteiger partial charge in [0.05, 0.1) is 0 Å². The molecule has 100 valence electrons. The Morgan fingerprint density at radius 2 is 2.00 bits per heavy atom. The second kappa shape index (κ2) is 6.34. The highest BCUT2D eigenvalue weighted by atomic mass is 19.1. The zero-order valence-electron chi connectivity index (χ0n) is 11.2. The van der Waals surface area contributed by atoms with Crippen LogP contribution in [0.1, 0.15) is 16.7 Å². The highest BCUT2D eigenvalue weighted by Crippen LogP contribution is 2.17. The molecule has 0 heterocycles. The maximum absolute atomic E-state index is 13.0. The number of hydrogen-bond acceptors (Lipinski definition) is 2. The van der Waals surface area contributed by atoms with Gasteiger partial charge in [-0.1, -0.05) is 18.2 Å². The maximum atomic E-state index is 13.0. The van der Waals surface area contributed by atoms with Gasteiger partial charge in [0.15, 0.2) is 0 Å². The van der Waals surface area contributed by atoms with Gasteiger partial charge < -0.3 is 10.1 Å². The first-order chi connectivity index (χ1) is 9.19. The van der Waals surface area contributed by atoms with Crippen LogP contribution in [0.4, 0.5) is 4.39 Å². The summed E-state index contributed by atoms with van der Waals surface area (Å²) in [7, 11) is 1.91. The van der Waals surface area contributed by atoms with Crippen LogP contribution in [0.5, 0.6) is 5.75 Å². The number of nitrogens with one attached hydrogen (secondary N) is 1. The fourth-order valence-electron chi connectivity index (χ4n) is 1.93. The molecule has 0 aliphatic rings. The lowest BCUT2D eigenvalue weighted by Gasteiger charge is -2.10. The van der Waals surface area contributed by atoms with E-state index in [1.807, 2.05) is 38.2 Å². The zero-order valence-corrected chi connectivity index (χ0v) is 11.2. The first-order valence-electron chi connectivity index (χ1n) is 6.30. The molecule has 0 fully saturated rings. The Hall–Kier alpha value is -1.87. The molecule has 19 heavy (non-hydrogen) atoms. The van der Waals surface area contributed by atoms with Crippen molar-refractivity contribution >= 4 is 0 Å². The van der Waals surface area contributed by atoms with Crippen molar-refractivity contribution in [3.8, 4) is 5.75 Å². The molecule has 0 spiro atoms. The standard InChI is InChI=1S/C16H18FNO/c1-12-8-15(17)7-6-14(12)11-19-16-5-3-4-13(9-16)10-18-2/h3-9,18H,10-11H2,1-2H3. The van der Waals surface area contributed by atoms with Crippen molar-refractivity contribution in [2.24, 2.45) is 0 Å². The fourth-order valence-corrected chi connectivity index (χ4v) is 1.93. The van der Waals surface area contributed by atoms with Gasteiger partial charge in [0.25, 0.3) is 0 Å². The van der Waals surface area contributed by atoms with E-state index >= 15 is 0 Å². The van der Waals surface area contributed by atoms with E-state index in [1.54, 1.807) is 6.07 Å². The van der Waals surface area contributed by atoms with E-state index in [2.05, 4.69) is 5.32 Å². The topological polar surface area (TPSA) is 21.3 Å². The molecule has 1 N–H and O–H groups in total. The second-order valence-electron chi connectivity index (χ2n) is 4.54. The van der Waals surface area contributed by atoms with Gasteiger partial charge in [-0.25, -0.2) is 4.39 Å². The summed E-state index contributed by atoms with van der Waals surface area (Å²) in [6.45, 7) is 3.15. The summed E-state index contributed by atoms with van der Waals surface area (Å²) < 4.78 is 18.8. The molecule has 0 atom stereocenters. The largest absolute Gasteiger partial charge is 0.489 e. The van der Waals surface area contributed by atoms with Crippen LogP contribution in [0.2, 0.25) is 0 Å². The molecule has 0 aliphatic carbocycles. The zero-order chi connectivity index (χ0) is 13.7. The van der Waals surface area contributed by atoms with Crippen LogP contribution in [-0.2, 0) is 13.2 Å². The molecule has 2 nitrogen and oxygen atoms in total. The SMILES string of the molecule is CNCc1cccc(OCc2ccc(F)cc2C)c1. The van der Waals surface area contributed by atoms with Crippen LogP contribution < -0.4 is 10.1 Å². The van der Waals surface area contributed by atoms with Crippen molar-refractivity contribution in [3.05, 3.63) is 65.0 Å². The van der Waals surface area contributed by atoms with Crippen LogP contribution in [-0.4, -0.2) is 7.05 Å². The minimum Gasteiger partial charge on any atom is -0.489 e. The second-order valence-corrected chi connectivity index (χ2v) is 4.54. The molecule has 3 heteroatoms. The van der Waals surface area contributed by atoms with E-state index in [9.17, 15) is 4.39 Å². The van der Waals surface area contributed by atoms with Crippen molar-refractivity contribution < 1.29 is 9.13 Å². The Morgan fingerprint density at radius 3 is 2.74 bits per heavy atom. The molecule has 0 amide bonds. The van der Waals surface area contributed by atoms with Gasteiger partial charge >= 0.3 is 0 Å². The highest BCUT2D eigenvalue weighted by Gasteiger charge is 2.02. The van der Waals surface area contributed by atoms with Crippen LogP contribution in [0, 0.1) is 12.7 Å². The molecule has 0 bridgehead atoms. The quantitative estimate of drug-likeness (QED) is 0.888. The van der Waals surface area contributed by atoms with Gasteiger partial charge in [-0.3, -0.25) is 0 Å². The van der Waals surface area contributed by atoms with Crippen LogP contribution in [0.25, 0.3) is 0 Å². The van der Waals surface area contributed by atoms with Crippen LogP contribution >= 0.6 is 0 Å². The van der Waals surface area contributed by atoms with E-state index in [0.29, 0.717) is 6.61 Å². The number of ether oxygens (including phenoxy) is 1. The summed E-state index contributed by atoms with van der Waals surface area (Å²) >= 11 is 0. The van der Waals surface area contributed by atoms with Crippen LogP contribution in [0.3, 0.4) is 0 Å². The Morgan fingerprint density at radius 1 is 1.16 bits per heavy atom. The molecule has 0 aromatic heterocycles. The number of hydrogen-bond donors (Lipinski definition) is 1. The average Bonchev–Trinajstić information content (AvgIpc) is 2.38. The molecule has 2 rings (SSSR count). The lowest BCUT2D eigenvalue weighted by atomic mass is 10.1. The van der Waals surface area contributed by atoms with E-state index in [-0.39, 0.29) is 5.82 Å². The number of aryl methyl sites for hydroxylation is 1. The van der Waals surface area contributed by atoms with E-state index in [0.717, 1.165) is 23.4 Å². The first kappa shape index (κ1) is 13.6. The smallest absolute Gasteiger partial charge is 0.123 e. The molecule has 0 radical (unpaired) electrons. The van der Waals surface area contributed by atoms with E-state index in [4.69, 9.17) is 4.74 Å². The molecular weight excluding hydrogens is 241 g/mol. The maximum Gasteiger partial charge on any atom is 0.123 e. The van der Waals surface area contributed by atoms with Crippen molar-refractivity contribution in [1.82, 2.24) is 5.32 Å². The molecular formula is C16H18FNO.